The van der Waals surface area contributed by atoms with Crippen molar-refractivity contribution >= 4 is 40.5 Å². The van der Waals surface area contributed by atoms with E-state index in [1.165, 1.54) is 18.2 Å². The molecule has 1 aliphatic rings. The summed E-state index contributed by atoms with van der Waals surface area (Å²) in [5.74, 6) is -1.25. The Bertz CT molecular complexity index is 1480. The van der Waals surface area contributed by atoms with Crippen LogP contribution in [0.5, 0.6) is 5.75 Å². The van der Waals surface area contributed by atoms with Crippen molar-refractivity contribution in [1.29, 1.82) is 0 Å². The van der Waals surface area contributed by atoms with Gasteiger partial charge in [-0.3, -0.25) is 14.9 Å². The van der Waals surface area contributed by atoms with Crippen LogP contribution in [-0.4, -0.2) is 29.0 Å². The zero-order valence-electron chi connectivity index (χ0n) is 19.2. The number of amides is 4. The first-order chi connectivity index (χ1) is 17.5. The monoisotopic (exact) mass is 483 g/mol. The molecule has 1 N–H and O–H groups in total. The van der Waals surface area contributed by atoms with Crippen molar-refractivity contribution in [3.8, 4) is 5.75 Å². The van der Waals surface area contributed by atoms with Crippen molar-refractivity contribution in [2.45, 2.75) is 13.0 Å². The summed E-state index contributed by atoms with van der Waals surface area (Å²) in [6.07, 6.45) is 4.11. The van der Waals surface area contributed by atoms with Crippen LogP contribution in [0.25, 0.3) is 17.0 Å². The number of nitrogens with zero attached hydrogens (tertiary/aromatic N) is 2. The Morgan fingerprint density at radius 2 is 1.61 bits per heavy atom. The van der Waals surface area contributed by atoms with E-state index < -0.39 is 23.7 Å². The molecule has 8 heteroatoms. The number of ether oxygens (including phenoxy) is 1. The normalized spacial score (nSPS) is 15.0. The number of hydrogen-bond acceptors (Lipinski definition) is 4. The molecule has 180 valence electrons. The highest BCUT2D eigenvalue weighted by Crippen LogP contribution is 2.27. The fourth-order valence-corrected chi connectivity index (χ4v) is 4.15. The largest absolute Gasteiger partial charge is 0.494 e. The van der Waals surface area contributed by atoms with Crippen LogP contribution < -0.4 is 15.0 Å². The summed E-state index contributed by atoms with van der Waals surface area (Å²) in [6.45, 7) is 1.19. The summed E-state index contributed by atoms with van der Waals surface area (Å²) in [6, 6.07) is 21.3. The topological polar surface area (TPSA) is 80.6 Å². The van der Waals surface area contributed by atoms with Gasteiger partial charge in [0, 0.05) is 29.2 Å². The fourth-order valence-electron chi connectivity index (χ4n) is 4.15. The lowest BCUT2D eigenvalue weighted by molar-refractivity contribution is -0.122. The SMILES string of the molecule is O=C1NC(=O)N(c2ccc(F)cc2)C(=O)/C1=C\c1cn(CCCOc2ccccc2)c2ccccc12. The molecule has 7 nitrogen and oxygen atoms in total. The van der Waals surface area contributed by atoms with E-state index in [2.05, 4.69) is 5.32 Å². The van der Waals surface area contributed by atoms with E-state index in [1.807, 2.05) is 65.4 Å². The summed E-state index contributed by atoms with van der Waals surface area (Å²) in [5.41, 5.74) is 1.59. The van der Waals surface area contributed by atoms with Gasteiger partial charge in [-0.05, 0) is 55.0 Å². The molecule has 0 bridgehead atoms. The smallest absolute Gasteiger partial charge is 0.335 e. The summed E-state index contributed by atoms with van der Waals surface area (Å²) in [4.78, 5) is 39.0. The van der Waals surface area contributed by atoms with E-state index in [9.17, 15) is 18.8 Å². The van der Waals surface area contributed by atoms with Crippen LogP contribution >= 0.6 is 0 Å². The molecule has 1 saturated heterocycles. The molecule has 0 unspecified atom stereocenters. The van der Waals surface area contributed by atoms with Gasteiger partial charge in [0.2, 0.25) is 0 Å². The maximum Gasteiger partial charge on any atom is 0.335 e. The van der Waals surface area contributed by atoms with Gasteiger partial charge < -0.3 is 9.30 Å². The van der Waals surface area contributed by atoms with Crippen LogP contribution in [0.15, 0.2) is 90.6 Å². The van der Waals surface area contributed by atoms with Gasteiger partial charge in [-0.1, -0.05) is 36.4 Å². The zero-order valence-corrected chi connectivity index (χ0v) is 19.2. The second-order valence-electron chi connectivity index (χ2n) is 8.24. The first kappa shape index (κ1) is 23.0. The number of imide groups is 2. The van der Waals surface area contributed by atoms with Crippen LogP contribution in [0.3, 0.4) is 0 Å². The van der Waals surface area contributed by atoms with E-state index >= 15 is 0 Å². The number of barbiturate groups is 1. The van der Waals surface area contributed by atoms with Crippen LogP contribution in [0.1, 0.15) is 12.0 Å². The second-order valence-corrected chi connectivity index (χ2v) is 8.24. The lowest BCUT2D eigenvalue weighted by atomic mass is 10.1. The van der Waals surface area contributed by atoms with Gasteiger partial charge in [0.15, 0.2) is 0 Å². The maximum atomic E-state index is 13.3. The number of rotatable bonds is 7. The molecular formula is C28H22FN3O4. The number of carbonyl (C=O) groups is 3. The zero-order chi connectivity index (χ0) is 25.1. The number of carbonyl (C=O) groups excluding carboxylic acids is 3. The van der Waals surface area contributed by atoms with Crippen molar-refractivity contribution in [2.75, 3.05) is 11.5 Å². The second kappa shape index (κ2) is 9.87. The van der Waals surface area contributed by atoms with Gasteiger partial charge in [-0.2, -0.15) is 0 Å². The van der Waals surface area contributed by atoms with Crippen molar-refractivity contribution in [3.63, 3.8) is 0 Å². The van der Waals surface area contributed by atoms with Crippen molar-refractivity contribution in [1.82, 2.24) is 9.88 Å². The lowest BCUT2D eigenvalue weighted by Gasteiger charge is -2.26. The van der Waals surface area contributed by atoms with Crippen LogP contribution in [0, 0.1) is 5.82 Å². The molecule has 0 atom stereocenters. The highest BCUT2D eigenvalue weighted by atomic mass is 19.1. The molecule has 4 amide bonds. The average molecular weight is 483 g/mol. The number of aromatic nitrogens is 1. The Hall–Kier alpha value is -4.72. The third-order valence-corrected chi connectivity index (χ3v) is 5.86. The number of fused-ring (bicyclic) bond motifs is 1. The van der Waals surface area contributed by atoms with E-state index in [0.717, 1.165) is 40.1 Å². The number of nitrogens with one attached hydrogen (secondary N) is 1. The predicted molar refractivity (Wildman–Crippen MR) is 134 cm³/mol. The predicted octanol–water partition coefficient (Wildman–Crippen LogP) is 4.92. The van der Waals surface area contributed by atoms with Crippen LogP contribution in [-0.2, 0) is 16.1 Å². The summed E-state index contributed by atoms with van der Waals surface area (Å²) < 4.78 is 21.2. The minimum Gasteiger partial charge on any atom is -0.494 e. The number of halogens is 1. The van der Waals surface area contributed by atoms with Gasteiger partial charge in [0.1, 0.15) is 17.1 Å². The van der Waals surface area contributed by atoms with E-state index in [-0.39, 0.29) is 11.3 Å². The van der Waals surface area contributed by atoms with Crippen molar-refractivity contribution in [2.24, 2.45) is 0 Å². The highest BCUT2D eigenvalue weighted by Gasteiger charge is 2.37. The molecule has 36 heavy (non-hydrogen) atoms. The Morgan fingerprint density at radius 1 is 0.889 bits per heavy atom. The molecule has 1 fully saturated rings. The maximum absolute atomic E-state index is 13.3. The van der Waals surface area contributed by atoms with Gasteiger partial charge in [-0.15, -0.1) is 0 Å². The minimum absolute atomic E-state index is 0.165. The van der Waals surface area contributed by atoms with E-state index in [1.54, 1.807) is 0 Å². The number of benzene rings is 3. The minimum atomic E-state index is -0.880. The van der Waals surface area contributed by atoms with Gasteiger partial charge in [0.25, 0.3) is 11.8 Å². The molecule has 4 aromatic rings. The quantitative estimate of drug-likeness (QED) is 0.230. The Kier molecular flexibility index (Phi) is 6.32. The van der Waals surface area contributed by atoms with Crippen LogP contribution in [0.2, 0.25) is 0 Å². The van der Waals surface area contributed by atoms with Gasteiger partial charge in [0.05, 0.1) is 12.3 Å². The molecule has 0 radical (unpaired) electrons. The fraction of sp³-hybridized carbons (Fsp3) is 0.107. The molecule has 0 spiro atoms. The molecule has 1 aliphatic heterocycles. The van der Waals surface area contributed by atoms with Crippen LogP contribution in [0.4, 0.5) is 14.9 Å². The van der Waals surface area contributed by atoms with Gasteiger partial charge >= 0.3 is 6.03 Å². The Labute approximate surface area is 206 Å². The van der Waals surface area contributed by atoms with E-state index in [0.29, 0.717) is 18.7 Å². The third-order valence-electron chi connectivity index (χ3n) is 5.86. The number of anilines is 1. The van der Waals surface area contributed by atoms with E-state index in [4.69, 9.17) is 4.74 Å². The van der Waals surface area contributed by atoms with Crippen molar-refractivity contribution in [3.05, 3.63) is 102 Å². The number of urea groups is 1. The molecule has 0 saturated carbocycles. The summed E-state index contributed by atoms with van der Waals surface area (Å²) in [5, 5.41) is 3.06. The van der Waals surface area contributed by atoms with Gasteiger partial charge in [-0.25, -0.2) is 14.1 Å². The lowest BCUT2D eigenvalue weighted by Crippen LogP contribution is -2.54. The average Bonchev–Trinajstić information content (AvgIpc) is 3.23. The number of hydrogen-bond donors (Lipinski definition) is 1. The number of para-hydroxylation sites is 2. The molecular weight excluding hydrogens is 461 g/mol. The Morgan fingerprint density at radius 3 is 2.39 bits per heavy atom. The summed E-state index contributed by atoms with van der Waals surface area (Å²) in [7, 11) is 0. The van der Waals surface area contributed by atoms with Crippen molar-refractivity contribution < 1.29 is 23.5 Å². The summed E-state index contributed by atoms with van der Waals surface area (Å²) >= 11 is 0. The molecule has 2 heterocycles. The molecule has 0 aliphatic carbocycles. The molecule has 5 rings (SSSR count). The molecule has 1 aromatic heterocycles. The third kappa shape index (κ3) is 4.61. The standard InChI is InChI=1S/C28H22FN3O4/c29-20-11-13-21(14-12-20)32-27(34)24(26(33)30-28(32)35)17-19-18-31(25-10-5-4-9-23(19)25)15-6-16-36-22-7-2-1-3-8-22/h1-5,7-14,17-18H,6,15-16H2,(H,30,33,35)/b24-17-. The first-order valence-electron chi connectivity index (χ1n) is 11.4. The first-order valence-corrected chi connectivity index (χ1v) is 11.4. The highest BCUT2D eigenvalue weighted by molar-refractivity contribution is 6.39. The number of aryl methyl sites for hydroxylation is 1. The Balaban J connectivity index is 1.41. The molecule has 3 aromatic carbocycles.